The third-order valence-electron chi connectivity index (χ3n) is 8.81. The number of carboxylic acid groups (broad SMARTS) is 1. The molecule has 8 aromatic rings. The molecule has 0 aliphatic heterocycles. The van der Waals surface area contributed by atoms with Crippen LogP contribution in [0.2, 0.25) is 0 Å². The van der Waals surface area contributed by atoms with Gasteiger partial charge in [-0.05, 0) is 85.3 Å². The summed E-state index contributed by atoms with van der Waals surface area (Å²) >= 11 is 1.35. The molecule has 4 aromatic carbocycles. The number of hydrogen-bond acceptors (Lipinski definition) is 7. The maximum absolute atomic E-state index is 13.5. The molecule has 0 amide bonds. The third kappa shape index (κ3) is 8.78. The van der Waals surface area contributed by atoms with Gasteiger partial charge in [0, 0.05) is 53.1 Å². The summed E-state index contributed by atoms with van der Waals surface area (Å²) in [6, 6.07) is 29.1. The van der Waals surface area contributed by atoms with E-state index in [0.29, 0.717) is 45.0 Å². The smallest absolute Gasteiger partial charge is 0.335 e. The van der Waals surface area contributed by atoms with Crippen LogP contribution in [0.15, 0.2) is 130 Å². The zero-order chi connectivity index (χ0) is 40.1. The number of aromatic nitrogens is 4. The predicted molar refractivity (Wildman–Crippen MR) is 213 cm³/mol. The van der Waals surface area contributed by atoms with Gasteiger partial charge in [0.2, 0.25) is 5.71 Å². The molecular formula is C45H30F2N4O5S. The maximum atomic E-state index is 13.5. The zero-order valence-electron chi connectivity index (χ0n) is 30.4. The Hall–Kier alpha value is -7.41. The van der Waals surface area contributed by atoms with Crippen LogP contribution in [0.4, 0.5) is 8.78 Å². The number of aromatic carboxylic acids is 1. The first-order chi connectivity index (χ1) is 27.5. The van der Waals surface area contributed by atoms with Crippen molar-refractivity contribution in [3.8, 4) is 23.7 Å². The van der Waals surface area contributed by atoms with Crippen LogP contribution in [0.1, 0.15) is 65.8 Å². The minimum atomic E-state index is -0.986. The van der Waals surface area contributed by atoms with E-state index in [1.54, 1.807) is 42.9 Å². The molecule has 57 heavy (non-hydrogen) atoms. The molecule has 9 nitrogen and oxygen atoms in total. The fraction of sp³-hybridized carbons (Fsp3) is 0.0889. The van der Waals surface area contributed by atoms with Crippen LogP contribution >= 0.6 is 11.3 Å². The number of rotatable bonds is 5. The van der Waals surface area contributed by atoms with Gasteiger partial charge in [-0.15, -0.1) is 10.2 Å². The van der Waals surface area contributed by atoms with Gasteiger partial charge in [0.25, 0.3) is 5.89 Å². The SMILES string of the molecule is Cc1c(=O)c(Cc2ccc(C(=O)O)cc2)cn2nc(C#Cc3ccccc3)oc12.Cc1c(=O)c(Cc2ccc(F)c(F)c2)cn2nc(C#Cc3ccccc3)sc12. The molecule has 0 unspecified atom stereocenters. The Balaban J connectivity index is 0.000000174. The van der Waals surface area contributed by atoms with Crippen molar-refractivity contribution in [2.45, 2.75) is 26.7 Å². The molecule has 0 atom stereocenters. The third-order valence-corrected chi connectivity index (χ3v) is 9.88. The molecule has 0 spiro atoms. The van der Waals surface area contributed by atoms with Gasteiger partial charge in [0.05, 0.1) is 11.1 Å². The van der Waals surface area contributed by atoms with Gasteiger partial charge in [0.1, 0.15) is 4.83 Å². The summed E-state index contributed by atoms with van der Waals surface area (Å²) in [7, 11) is 0. The Kier molecular flexibility index (Phi) is 11.0. The van der Waals surface area contributed by atoms with Crippen LogP contribution in [0.3, 0.4) is 0 Å². The van der Waals surface area contributed by atoms with Crippen molar-refractivity contribution >= 4 is 27.8 Å². The van der Waals surface area contributed by atoms with E-state index < -0.39 is 17.6 Å². The molecule has 0 aliphatic rings. The lowest BCUT2D eigenvalue weighted by molar-refractivity contribution is 0.0697. The second-order valence-corrected chi connectivity index (χ2v) is 13.8. The van der Waals surface area contributed by atoms with E-state index >= 15 is 0 Å². The molecule has 0 fully saturated rings. The van der Waals surface area contributed by atoms with Crippen LogP contribution in [-0.4, -0.2) is 30.3 Å². The summed E-state index contributed by atoms with van der Waals surface area (Å²) < 4.78 is 35.4. The van der Waals surface area contributed by atoms with E-state index in [1.807, 2.05) is 60.7 Å². The molecular weight excluding hydrogens is 747 g/mol. The number of carbonyl (C=O) groups is 1. The van der Waals surface area contributed by atoms with Crippen LogP contribution in [0, 0.1) is 49.2 Å². The van der Waals surface area contributed by atoms with Crippen molar-refractivity contribution in [2.75, 3.05) is 0 Å². The minimum absolute atomic E-state index is 0.129. The molecule has 0 aliphatic carbocycles. The molecule has 1 N–H and O–H groups in total. The van der Waals surface area contributed by atoms with Gasteiger partial charge >= 0.3 is 5.97 Å². The molecule has 0 saturated carbocycles. The molecule has 0 bridgehead atoms. The van der Waals surface area contributed by atoms with E-state index in [1.165, 1.54) is 34.1 Å². The predicted octanol–water partition coefficient (Wildman–Crippen LogP) is 7.62. The Morgan fingerprint density at radius 3 is 1.91 bits per heavy atom. The van der Waals surface area contributed by atoms with E-state index in [2.05, 4.69) is 33.9 Å². The maximum Gasteiger partial charge on any atom is 0.335 e. The van der Waals surface area contributed by atoms with Crippen LogP contribution < -0.4 is 10.9 Å². The number of hydrogen-bond donors (Lipinski definition) is 1. The van der Waals surface area contributed by atoms with Crippen LogP contribution in [-0.2, 0) is 12.8 Å². The average Bonchev–Trinajstić information content (AvgIpc) is 3.84. The normalized spacial score (nSPS) is 10.6. The number of benzene rings is 4. The standard InChI is InChI=1S/C23H16N2O4.C22H14F2N2OS/c1-15-21(26)19(13-17-7-10-18(11-8-17)23(27)28)14-25-22(15)29-20(24-25)12-9-16-5-3-2-4-6-16;1-14-21(27)17(11-16-7-9-18(23)19(24)12-16)13-26-22(14)28-20(25-26)10-8-15-5-3-2-4-6-15/h2-8,10-11,14H,13H2,1H3,(H,27,28);2-7,9,12-13H,11H2,1H3. The number of pyridine rings is 2. The lowest BCUT2D eigenvalue weighted by Gasteiger charge is -2.04. The van der Waals surface area contributed by atoms with Crippen molar-refractivity contribution in [2.24, 2.45) is 0 Å². The Bertz CT molecular complexity index is 3040. The number of fused-ring (bicyclic) bond motifs is 2. The summed E-state index contributed by atoms with van der Waals surface area (Å²) in [6.07, 6.45) is 3.83. The van der Waals surface area contributed by atoms with E-state index in [9.17, 15) is 23.2 Å². The summed E-state index contributed by atoms with van der Waals surface area (Å²) in [5.41, 5.74) is 5.39. The van der Waals surface area contributed by atoms with Gasteiger partial charge in [-0.3, -0.25) is 9.59 Å². The zero-order valence-corrected chi connectivity index (χ0v) is 31.2. The van der Waals surface area contributed by atoms with E-state index in [-0.39, 0.29) is 28.7 Å². The van der Waals surface area contributed by atoms with Crippen molar-refractivity contribution < 1.29 is 23.1 Å². The summed E-state index contributed by atoms with van der Waals surface area (Å²) in [5, 5.41) is 18.4. The highest BCUT2D eigenvalue weighted by Crippen LogP contribution is 2.19. The monoisotopic (exact) mass is 776 g/mol. The highest BCUT2D eigenvalue weighted by molar-refractivity contribution is 7.17. The van der Waals surface area contributed by atoms with Gasteiger partial charge in [-0.1, -0.05) is 77.8 Å². The van der Waals surface area contributed by atoms with Crippen molar-refractivity contribution in [3.63, 3.8) is 0 Å². The molecule has 12 heteroatoms. The van der Waals surface area contributed by atoms with Gasteiger partial charge < -0.3 is 9.52 Å². The molecule has 0 saturated heterocycles. The lowest BCUT2D eigenvalue weighted by atomic mass is 10.0. The minimum Gasteiger partial charge on any atom is -0.478 e. The second kappa shape index (κ2) is 16.5. The van der Waals surface area contributed by atoms with Gasteiger partial charge in [-0.25, -0.2) is 22.6 Å². The number of nitrogens with zero attached hydrogens (tertiary/aromatic N) is 4. The Morgan fingerprint density at radius 1 is 0.702 bits per heavy atom. The fourth-order valence-electron chi connectivity index (χ4n) is 5.87. The molecule has 280 valence electrons. The number of halogens is 2. The molecule has 0 radical (unpaired) electrons. The van der Waals surface area contributed by atoms with Crippen molar-refractivity contribution in [1.29, 1.82) is 0 Å². The largest absolute Gasteiger partial charge is 0.478 e. The Morgan fingerprint density at radius 2 is 1.28 bits per heavy atom. The van der Waals surface area contributed by atoms with Gasteiger partial charge in [0.15, 0.2) is 27.5 Å². The topological polar surface area (TPSA) is 119 Å². The van der Waals surface area contributed by atoms with Crippen molar-refractivity contribution in [3.05, 3.63) is 209 Å². The Labute approximate surface area is 328 Å². The van der Waals surface area contributed by atoms with Crippen molar-refractivity contribution in [1.82, 2.24) is 19.2 Å². The highest BCUT2D eigenvalue weighted by atomic mass is 32.1. The first-order valence-electron chi connectivity index (χ1n) is 17.5. The van der Waals surface area contributed by atoms with Crippen LogP contribution in [0.25, 0.3) is 10.5 Å². The number of aryl methyl sites for hydroxylation is 2. The summed E-state index contributed by atoms with van der Waals surface area (Å²) in [5.74, 6) is 9.33. The second-order valence-electron chi connectivity index (χ2n) is 12.9. The first kappa shape index (κ1) is 37.9. The summed E-state index contributed by atoms with van der Waals surface area (Å²) in [6.45, 7) is 3.42. The molecule has 4 aromatic heterocycles. The highest BCUT2D eigenvalue weighted by Gasteiger charge is 2.15. The lowest BCUT2D eigenvalue weighted by Crippen LogP contribution is -2.15. The van der Waals surface area contributed by atoms with E-state index in [0.717, 1.165) is 33.7 Å². The average molecular weight is 777 g/mol. The number of carboxylic acids is 1. The first-order valence-corrected chi connectivity index (χ1v) is 18.3. The van der Waals surface area contributed by atoms with E-state index in [4.69, 9.17) is 9.52 Å². The quantitative estimate of drug-likeness (QED) is 0.179. The summed E-state index contributed by atoms with van der Waals surface area (Å²) in [4.78, 5) is 37.1. The molecule has 4 heterocycles. The fourth-order valence-corrected chi connectivity index (χ4v) is 6.71. The van der Waals surface area contributed by atoms with Gasteiger partial charge in [-0.2, -0.15) is 0 Å². The molecule has 8 rings (SSSR count). The van der Waals surface area contributed by atoms with Crippen LogP contribution in [0.5, 0.6) is 0 Å².